The zero-order chi connectivity index (χ0) is 30.8. The molecule has 0 atom stereocenters. The first kappa shape index (κ1) is 29.0. The Morgan fingerprint density at radius 2 is 1.82 bits per heavy atom. The van der Waals surface area contributed by atoms with Crippen molar-refractivity contribution in [3.63, 3.8) is 0 Å². The Balaban J connectivity index is 1.20. The van der Waals surface area contributed by atoms with Gasteiger partial charge >= 0.3 is 0 Å². The summed E-state index contributed by atoms with van der Waals surface area (Å²) in [6.45, 7) is 3.81. The van der Waals surface area contributed by atoms with E-state index in [4.69, 9.17) is 14.5 Å². The number of carbonyl (C=O) groups is 1. The summed E-state index contributed by atoms with van der Waals surface area (Å²) in [5.41, 5.74) is 4.20. The minimum absolute atomic E-state index is 0.0601. The van der Waals surface area contributed by atoms with E-state index in [9.17, 15) is 9.59 Å². The lowest BCUT2D eigenvalue weighted by Crippen LogP contribution is -2.37. The van der Waals surface area contributed by atoms with Crippen molar-refractivity contribution in [1.29, 1.82) is 0 Å². The molecule has 0 saturated carbocycles. The van der Waals surface area contributed by atoms with Gasteiger partial charge in [-0.1, -0.05) is 36.4 Å². The van der Waals surface area contributed by atoms with Crippen molar-refractivity contribution in [3.05, 3.63) is 101 Å². The number of anilines is 2. The molecule has 4 heterocycles. The number of nitrogens with one attached hydrogen (secondary N) is 2. The quantitative estimate of drug-likeness (QED) is 0.201. The fraction of sp³-hybridized carbons (Fsp3) is 0.229. The average Bonchev–Trinajstić information content (AvgIpc) is 3.48. The molecular weight excluding hydrogens is 586 g/mol. The number of fused-ring (bicyclic) bond motifs is 4. The SMILES string of the molecule is COc1ccc(CNCCC(=O)Nc2ccc(-c3cccn4c(=O)cc(N5CCOCC5)nc34)c3sc4ccccc4c23)cc1. The van der Waals surface area contributed by atoms with Crippen LogP contribution < -0.4 is 25.8 Å². The smallest absolute Gasteiger partial charge is 0.259 e. The summed E-state index contributed by atoms with van der Waals surface area (Å²) in [5.74, 6) is 1.42. The molecule has 0 aliphatic carbocycles. The standard InChI is InChI=1S/C35H33N5O4S/c1-43-24-10-8-23(9-11-24)22-36-15-14-31(41)37-28-13-12-25(34-33(28)27-5-2-3-7-29(27)45-34)26-6-4-16-40-32(42)21-30(38-35(26)40)39-17-19-44-20-18-39/h2-13,16,21,36H,14-15,17-20,22H2,1H3,(H,37,41). The maximum absolute atomic E-state index is 13.2. The summed E-state index contributed by atoms with van der Waals surface area (Å²) in [6, 6.07) is 25.6. The monoisotopic (exact) mass is 619 g/mol. The maximum Gasteiger partial charge on any atom is 0.259 e. The van der Waals surface area contributed by atoms with Gasteiger partial charge in [-0.25, -0.2) is 4.98 Å². The van der Waals surface area contributed by atoms with E-state index in [1.165, 1.54) is 0 Å². The highest BCUT2D eigenvalue weighted by Gasteiger charge is 2.20. The molecule has 3 aromatic carbocycles. The van der Waals surface area contributed by atoms with Crippen LogP contribution >= 0.6 is 11.3 Å². The Hall–Kier alpha value is -4.77. The van der Waals surface area contributed by atoms with Crippen molar-refractivity contribution in [3.8, 4) is 16.9 Å². The molecule has 0 bridgehead atoms. The van der Waals surface area contributed by atoms with E-state index in [0.29, 0.717) is 57.3 Å². The number of aromatic nitrogens is 2. The van der Waals surface area contributed by atoms with Gasteiger partial charge in [0.25, 0.3) is 5.56 Å². The van der Waals surface area contributed by atoms with Crippen molar-refractivity contribution in [2.45, 2.75) is 13.0 Å². The number of morpholine rings is 1. The van der Waals surface area contributed by atoms with Gasteiger partial charge in [0.2, 0.25) is 5.91 Å². The molecule has 0 unspecified atom stereocenters. The number of carbonyl (C=O) groups excluding carboxylic acids is 1. The Bertz CT molecular complexity index is 2070. The van der Waals surface area contributed by atoms with Gasteiger partial charge in [-0.05, 0) is 42.0 Å². The first-order valence-corrected chi connectivity index (χ1v) is 15.8. The highest BCUT2D eigenvalue weighted by Crippen LogP contribution is 2.44. The van der Waals surface area contributed by atoms with E-state index in [1.54, 1.807) is 35.1 Å². The van der Waals surface area contributed by atoms with Gasteiger partial charge in [0.05, 0.1) is 26.0 Å². The summed E-state index contributed by atoms with van der Waals surface area (Å²) in [4.78, 5) is 33.5. The number of rotatable bonds is 9. The summed E-state index contributed by atoms with van der Waals surface area (Å²) in [5, 5.41) is 8.59. The second-order valence-electron chi connectivity index (χ2n) is 11.0. The van der Waals surface area contributed by atoms with Crippen molar-refractivity contribution in [1.82, 2.24) is 14.7 Å². The van der Waals surface area contributed by atoms with E-state index in [1.807, 2.05) is 60.7 Å². The first-order valence-electron chi connectivity index (χ1n) is 15.0. The predicted octanol–water partition coefficient (Wildman–Crippen LogP) is 5.69. The lowest BCUT2D eigenvalue weighted by Gasteiger charge is -2.27. The predicted molar refractivity (Wildman–Crippen MR) is 181 cm³/mol. The molecule has 0 radical (unpaired) electrons. The summed E-state index contributed by atoms with van der Waals surface area (Å²) >= 11 is 1.68. The molecule has 2 N–H and O–H groups in total. The molecule has 1 aliphatic heterocycles. The zero-order valence-corrected chi connectivity index (χ0v) is 25.7. The second-order valence-corrected chi connectivity index (χ2v) is 12.0. The molecule has 1 fully saturated rings. The number of thiophene rings is 1. The molecule has 45 heavy (non-hydrogen) atoms. The van der Waals surface area contributed by atoms with Crippen LogP contribution in [0, 0.1) is 0 Å². The lowest BCUT2D eigenvalue weighted by molar-refractivity contribution is -0.116. The normalized spacial score (nSPS) is 13.5. The van der Waals surface area contributed by atoms with E-state index in [0.717, 1.165) is 48.3 Å². The molecule has 0 spiro atoms. The largest absolute Gasteiger partial charge is 0.497 e. The molecule has 9 nitrogen and oxygen atoms in total. The third-order valence-electron chi connectivity index (χ3n) is 8.12. The summed E-state index contributed by atoms with van der Waals surface area (Å²) in [6.07, 6.45) is 2.10. The first-order chi connectivity index (χ1) is 22.1. The van der Waals surface area contributed by atoms with Crippen molar-refractivity contribution < 1.29 is 14.3 Å². The molecule has 3 aromatic heterocycles. The van der Waals surface area contributed by atoms with Crippen molar-refractivity contribution in [2.24, 2.45) is 0 Å². The molecule has 228 valence electrons. The number of nitrogens with zero attached hydrogens (tertiary/aromatic N) is 3. The van der Waals surface area contributed by atoms with E-state index in [2.05, 4.69) is 27.7 Å². The molecular formula is C35H33N5O4S. The summed E-state index contributed by atoms with van der Waals surface area (Å²) < 4.78 is 14.5. The minimum Gasteiger partial charge on any atom is -0.497 e. The molecule has 1 saturated heterocycles. The van der Waals surface area contributed by atoms with Crippen LogP contribution in [0.25, 0.3) is 36.9 Å². The Kier molecular flexibility index (Phi) is 8.17. The van der Waals surface area contributed by atoms with Crippen LogP contribution in [-0.4, -0.2) is 55.2 Å². The Morgan fingerprint density at radius 3 is 2.64 bits per heavy atom. The number of amides is 1. The van der Waals surface area contributed by atoms with Gasteiger partial charge in [0, 0.05) is 76.2 Å². The van der Waals surface area contributed by atoms with Gasteiger partial charge in [-0.3, -0.25) is 14.0 Å². The number of benzene rings is 3. The topological polar surface area (TPSA) is 97.2 Å². The van der Waals surface area contributed by atoms with Crippen LogP contribution in [0.4, 0.5) is 11.5 Å². The van der Waals surface area contributed by atoms with Crippen LogP contribution in [0.2, 0.25) is 0 Å². The molecule has 7 rings (SSSR count). The van der Waals surface area contributed by atoms with Crippen LogP contribution in [0.1, 0.15) is 12.0 Å². The highest BCUT2D eigenvalue weighted by molar-refractivity contribution is 7.26. The number of pyridine rings is 1. The lowest BCUT2D eigenvalue weighted by atomic mass is 10.0. The second kappa shape index (κ2) is 12.7. The molecule has 10 heteroatoms. The maximum atomic E-state index is 13.2. The minimum atomic E-state index is -0.125. The zero-order valence-electron chi connectivity index (χ0n) is 24.9. The van der Waals surface area contributed by atoms with E-state index < -0.39 is 0 Å². The summed E-state index contributed by atoms with van der Waals surface area (Å²) in [7, 11) is 1.65. The Labute approximate surface area is 264 Å². The molecule has 1 aliphatic rings. The number of methoxy groups -OCH3 is 1. The van der Waals surface area contributed by atoms with Gasteiger partial charge in [-0.2, -0.15) is 0 Å². The van der Waals surface area contributed by atoms with Gasteiger partial charge < -0.3 is 25.0 Å². The van der Waals surface area contributed by atoms with Crippen LogP contribution in [0.3, 0.4) is 0 Å². The fourth-order valence-electron chi connectivity index (χ4n) is 5.81. The van der Waals surface area contributed by atoms with Crippen LogP contribution in [0.15, 0.2) is 89.9 Å². The van der Waals surface area contributed by atoms with Gasteiger partial charge in [0.15, 0.2) is 0 Å². The average molecular weight is 620 g/mol. The van der Waals surface area contributed by atoms with Crippen molar-refractivity contribution >= 4 is 54.6 Å². The van der Waals surface area contributed by atoms with Crippen molar-refractivity contribution in [2.75, 3.05) is 50.2 Å². The number of hydrogen-bond acceptors (Lipinski definition) is 8. The molecule has 6 aromatic rings. The third-order valence-corrected chi connectivity index (χ3v) is 9.32. The van der Waals surface area contributed by atoms with Crippen LogP contribution in [0.5, 0.6) is 5.75 Å². The molecule has 1 amide bonds. The fourth-order valence-corrected chi connectivity index (χ4v) is 7.07. The number of ether oxygens (including phenoxy) is 2. The van der Waals surface area contributed by atoms with E-state index in [-0.39, 0.29) is 11.5 Å². The Morgan fingerprint density at radius 1 is 1.00 bits per heavy atom. The van der Waals surface area contributed by atoms with Gasteiger partial charge in [-0.15, -0.1) is 11.3 Å². The van der Waals surface area contributed by atoms with Crippen LogP contribution in [-0.2, 0) is 16.1 Å². The van der Waals surface area contributed by atoms with Gasteiger partial charge in [0.1, 0.15) is 17.2 Å². The third kappa shape index (κ3) is 5.87. The van der Waals surface area contributed by atoms with E-state index >= 15 is 0 Å². The number of hydrogen-bond donors (Lipinski definition) is 2. The highest BCUT2D eigenvalue weighted by atomic mass is 32.1.